The third-order valence-corrected chi connectivity index (χ3v) is 9.14. The van der Waals surface area contributed by atoms with Gasteiger partial charge in [-0.2, -0.15) is 0 Å². The van der Waals surface area contributed by atoms with Gasteiger partial charge in [0.25, 0.3) is 11.5 Å². The molecule has 5 rings (SSSR count). The summed E-state index contributed by atoms with van der Waals surface area (Å²) in [6, 6.07) is 0.269. The molecule has 3 saturated heterocycles. The number of unbranched alkanes of at least 4 members (excludes halogenated alkanes) is 3. The molecule has 1 aromatic heterocycles. The van der Waals surface area contributed by atoms with Gasteiger partial charge in [0.1, 0.15) is 30.6 Å². The lowest BCUT2D eigenvalue weighted by Crippen LogP contribution is -2.53. The predicted octanol–water partition coefficient (Wildman–Crippen LogP) is 0.0188. The molecular weight excluding hydrogens is 658 g/mol. The van der Waals surface area contributed by atoms with Crippen LogP contribution in [0.2, 0.25) is 0 Å². The number of ether oxygens (including phenoxy) is 6. The minimum Gasteiger partial charge on any atom is -0.456 e. The van der Waals surface area contributed by atoms with Crippen LogP contribution < -0.4 is 27.6 Å². The Bertz CT molecular complexity index is 1560. The third-order valence-electron chi connectivity index (χ3n) is 9.14. The summed E-state index contributed by atoms with van der Waals surface area (Å²) in [5, 5.41) is 5.56. The maximum absolute atomic E-state index is 13.5. The number of amides is 3. The summed E-state index contributed by atoms with van der Waals surface area (Å²) >= 11 is 0. The van der Waals surface area contributed by atoms with Crippen molar-refractivity contribution in [2.45, 2.75) is 134 Å². The number of carbonyl (C=O) groups is 4. The Kier molecular flexibility index (Phi) is 11.9. The van der Waals surface area contributed by atoms with Crippen molar-refractivity contribution < 1.29 is 47.6 Å². The number of carbonyl (C=O) groups excluding carboxylic acids is 4. The number of primary amides is 1. The highest BCUT2D eigenvalue weighted by atomic mass is 16.8. The van der Waals surface area contributed by atoms with Crippen molar-refractivity contribution >= 4 is 24.0 Å². The van der Waals surface area contributed by atoms with Gasteiger partial charge in [-0.1, -0.05) is 26.2 Å². The topological polar surface area (TPSA) is 229 Å². The molecule has 3 fully saturated rings. The number of hydrogen-bond donors (Lipinski definition) is 4. The second-order valence-corrected chi connectivity index (χ2v) is 13.5. The van der Waals surface area contributed by atoms with Crippen molar-refractivity contribution in [1.82, 2.24) is 20.2 Å². The van der Waals surface area contributed by atoms with Crippen LogP contribution in [0.1, 0.15) is 78.9 Å². The maximum atomic E-state index is 13.5. The second-order valence-electron chi connectivity index (χ2n) is 13.5. The van der Waals surface area contributed by atoms with E-state index in [2.05, 4.69) is 22.5 Å². The predicted molar refractivity (Wildman–Crippen MR) is 173 cm³/mol. The van der Waals surface area contributed by atoms with Crippen LogP contribution in [0.4, 0.5) is 0 Å². The molecular formula is C33H47N5O12. The number of nitrogens with one attached hydrogen (secondary N) is 3. The first kappa shape index (κ1) is 37.4. The molecule has 5 heterocycles. The van der Waals surface area contributed by atoms with E-state index in [4.69, 9.17) is 34.2 Å². The lowest BCUT2D eigenvalue weighted by Gasteiger charge is -2.34. The molecule has 17 nitrogen and oxygen atoms in total. The van der Waals surface area contributed by atoms with Gasteiger partial charge in [-0.05, 0) is 52.5 Å². The van der Waals surface area contributed by atoms with Gasteiger partial charge in [-0.15, -0.1) is 0 Å². The molecule has 4 aliphatic heterocycles. The largest absolute Gasteiger partial charge is 0.456 e. The third kappa shape index (κ3) is 8.51. The molecule has 0 aliphatic carbocycles. The van der Waals surface area contributed by atoms with Crippen molar-refractivity contribution in [2.24, 2.45) is 11.7 Å². The van der Waals surface area contributed by atoms with Gasteiger partial charge in [0, 0.05) is 24.9 Å². The van der Waals surface area contributed by atoms with Crippen LogP contribution in [0.25, 0.3) is 0 Å². The van der Waals surface area contributed by atoms with Crippen LogP contribution in [-0.4, -0.2) is 94.8 Å². The lowest BCUT2D eigenvalue weighted by atomic mass is 9.95. The van der Waals surface area contributed by atoms with Gasteiger partial charge in [-0.3, -0.25) is 28.7 Å². The molecule has 3 amide bonds. The highest BCUT2D eigenvalue weighted by molar-refractivity contribution is 5.95. The normalized spacial score (nSPS) is 32.5. The van der Waals surface area contributed by atoms with Crippen molar-refractivity contribution in [3.8, 4) is 0 Å². The molecule has 0 aromatic carbocycles. The first-order chi connectivity index (χ1) is 23.8. The van der Waals surface area contributed by atoms with Crippen LogP contribution in [0.15, 0.2) is 33.7 Å². The smallest absolute Gasteiger partial charge is 0.330 e. The Morgan fingerprint density at radius 2 is 1.96 bits per heavy atom. The van der Waals surface area contributed by atoms with E-state index in [1.54, 1.807) is 13.8 Å². The Morgan fingerprint density at radius 1 is 1.18 bits per heavy atom. The van der Waals surface area contributed by atoms with Crippen LogP contribution >= 0.6 is 0 Å². The summed E-state index contributed by atoms with van der Waals surface area (Å²) in [4.78, 5) is 78.8. The van der Waals surface area contributed by atoms with Crippen LogP contribution in [-0.2, 0) is 47.6 Å². The molecule has 1 aromatic rings. The van der Waals surface area contributed by atoms with E-state index in [-0.39, 0.29) is 24.3 Å². The number of aldehydes is 1. The molecule has 5 N–H and O–H groups in total. The molecule has 50 heavy (non-hydrogen) atoms. The number of nitrogens with zero attached hydrogens (tertiary/aromatic N) is 1. The number of fused-ring (bicyclic) bond motifs is 1. The lowest BCUT2D eigenvalue weighted by molar-refractivity contribution is -0.238. The molecule has 276 valence electrons. The SMILES string of the molecule is CCCCCCO[C@@H]1[C@H](C=O)[C@@H]([C@@H](O[C@H]2OC(C(=O)N[C@H]3CCC[C@@H](C)NC3=O)=C[C@@H]3OC(C)(C)O[C@H]23)C(N)=O)O[C@H]1n1ccc(=O)[nH]c1=O. The standard InChI is InChI=1S/C33H47N5O12/c1-5-6-7-8-14-45-24-18(16-39)23(47-30(24)38-13-12-22(40)37-32(38)44)26(27(34)41)48-31-25-20(49-33(3,4)50-25)15-21(46-31)29(43)36-19-11-9-10-17(2)35-28(19)42/h12-13,15-20,23-26,30-31H,5-11,14H2,1-4H3,(H2,34,41)(H,35,42)(H,36,43)(H,37,40,44)/t17-,18-,19+,20+,23+,24-,25+,26-,30-,31-/m1/s1. The fourth-order valence-corrected chi connectivity index (χ4v) is 6.69. The summed E-state index contributed by atoms with van der Waals surface area (Å²) in [7, 11) is 0. The summed E-state index contributed by atoms with van der Waals surface area (Å²) in [6.07, 6.45) is -0.231. The highest BCUT2D eigenvalue weighted by Gasteiger charge is 2.55. The van der Waals surface area contributed by atoms with E-state index >= 15 is 0 Å². The quantitative estimate of drug-likeness (QED) is 0.148. The zero-order valence-corrected chi connectivity index (χ0v) is 28.7. The van der Waals surface area contributed by atoms with Crippen LogP contribution in [0, 0.1) is 5.92 Å². The fourth-order valence-electron chi connectivity index (χ4n) is 6.69. The first-order valence-electron chi connectivity index (χ1n) is 17.2. The molecule has 0 saturated carbocycles. The van der Waals surface area contributed by atoms with Crippen molar-refractivity contribution in [3.63, 3.8) is 0 Å². The van der Waals surface area contributed by atoms with Gasteiger partial charge in [0.2, 0.25) is 18.1 Å². The minimum atomic E-state index is -1.69. The van der Waals surface area contributed by atoms with Crippen LogP contribution in [0.3, 0.4) is 0 Å². The average Bonchev–Trinajstić information content (AvgIpc) is 3.52. The van der Waals surface area contributed by atoms with Crippen molar-refractivity contribution in [1.29, 1.82) is 0 Å². The number of aromatic amines is 1. The monoisotopic (exact) mass is 705 g/mol. The molecule has 0 bridgehead atoms. The number of aromatic nitrogens is 2. The summed E-state index contributed by atoms with van der Waals surface area (Å²) in [6.45, 7) is 7.47. The van der Waals surface area contributed by atoms with Gasteiger partial charge in [-0.25, -0.2) is 4.79 Å². The Balaban J connectivity index is 1.40. The molecule has 0 radical (unpaired) electrons. The zero-order chi connectivity index (χ0) is 36.2. The van der Waals surface area contributed by atoms with Gasteiger partial charge in [0.05, 0.1) is 5.92 Å². The van der Waals surface area contributed by atoms with Crippen molar-refractivity contribution in [2.75, 3.05) is 6.61 Å². The highest BCUT2D eigenvalue weighted by Crippen LogP contribution is 2.40. The Labute approximate surface area is 288 Å². The maximum Gasteiger partial charge on any atom is 0.330 e. The van der Waals surface area contributed by atoms with E-state index in [0.717, 1.165) is 36.3 Å². The summed E-state index contributed by atoms with van der Waals surface area (Å²) in [5.74, 6) is -4.64. The molecule has 0 unspecified atom stereocenters. The number of H-pyrrole nitrogens is 1. The zero-order valence-electron chi connectivity index (χ0n) is 28.7. The van der Waals surface area contributed by atoms with E-state index in [1.807, 2.05) is 6.92 Å². The molecule has 17 heteroatoms. The number of hydrogen-bond acceptors (Lipinski definition) is 12. The van der Waals surface area contributed by atoms with Gasteiger partial charge in [0.15, 0.2) is 30.0 Å². The Morgan fingerprint density at radius 3 is 2.66 bits per heavy atom. The molecule has 4 aliphatic rings. The van der Waals surface area contributed by atoms with E-state index in [9.17, 15) is 28.8 Å². The van der Waals surface area contributed by atoms with Gasteiger partial charge < -0.3 is 49.6 Å². The summed E-state index contributed by atoms with van der Waals surface area (Å²) < 4.78 is 37.5. The minimum absolute atomic E-state index is 0.0356. The van der Waals surface area contributed by atoms with E-state index in [0.29, 0.717) is 25.5 Å². The molecule has 10 atom stereocenters. The number of nitrogens with two attached hydrogens (primary N) is 1. The molecule has 0 spiro atoms. The van der Waals surface area contributed by atoms with E-state index in [1.165, 1.54) is 12.3 Å². The fraction of sp³-hybridized carbons (Fsp3) is 0.697. The van der Waals surface area contributed by atoms with Crippen LogP contribution in [0.5, 0.6) is 0 Å². The Hall–Kier alpha value is -3.90. The number of rotatable bonds is 14. The van der Waals surface area contributed by atoms with Crippen molar-refractivity contribution in [3.05, 3.63) is 44.9 Å². The first-order valence-corrected chi connectivity index (χ1v) is 17.2. The summed E-state index contributed by atoms with van der Waals surface area (Å²) in [5.41, 5.74) is 4.39. The van der Waals surface area contributed by atoms with E-state index < -0.39 is 83.8 Å². The van der Waals surface area contributed by atoms with Gasteiger partial charge >= 0.3 is 5.69 Å². The average molecular weight is 706 g/mol. The second kappa shape index (κ2) is 16.0.